The average Bonchev–Trinajstić information content (AvgIpc) is 2.62. The molecule has 2 heterocycles. The van der Waals surface area contributed by atoms with Gasteiger partial charge in [-0.15, -0.1) is 0 Å². The highest BCUT2D eigenvalue weighted by molar-refractivity contribution is 5.24. The van der Waals surface area contributed by atoms with Crippen molar-refractivity contribution in [2.45, 2.75) is 45.8 Å². The molecule has 5 nitrogen and oxygen atoms in total. The maximum atomic E-state index is 5.48. The zero-order valence-electron chi connectivity index (χ0n) is 12.5. The molecule has 19 heavy (non-hydrogen) atoms. The van der Waals surface area contributed by atoms with Crippen molar-refractivity contribution in [3.63, 3.8) is 0 Å². The van der Waals surface area contributed by atoms with E-state index in [1.54, 1.807) is 0 Å². The summed E-state index contributed by atoms with van der Waals surface area (Å²) < 4.78 is 7.44. The molecule has 1 aliphatic rings. The Balaban J connectivity index is 1.80. The summed E-state index contributed by atoms with van der Waals surface area (Å²) in [7, 11) is 2.00. The lowest BCUT2D eigenvalue weighted by atomic mass is 10.1. The Labute approximate surface area is 115 Å². The van der Waals surface area contributed by atoms with E-state index >= 15 is 0 Å². The molecular weight excluding hydrogens is 240 g/mol. The number of aromatic nitrogens is 2. The van der Waals surface area contributed by atoms with E-state index in [-0.39, 0.29) is 0 Å². The van der Waals surface area contributed by atoms with Crippen molar-refractivity contribution in [3.8, 4) is 0 Å². The minimum Gasteiger partial charge on any atom is -0.379 e. The number of nitrogens with one attached hydrogen (secondary N) is 2. The van der Waals surface area contributed by atoms with Crippen LogP contribution in [0.4, 0.5) is 0 Å². The maximum absolute atomic E-state index is 5.48. The SMILES string of the molecule is Cc1nn(C)c(C)c1CNC(C)CC1COCCN1. The number of nitrogens with zero attached hydrogens (tertiary/aromatic N) is 2. The van der Waals surface area contributed by atoms with E-state index in [1.165, 1.54) is 11.3 Å². The van der Waals surface area contributed by atoms with Gasteiger partial charge in [-0.2, -0.15) is 5.10 Å². The first-order valence-electron chi connectivity index (χ1n) is 7.11. The lowest BCUT2D eigenvalue weighted by Gasteiger charge is -2.26. The van der Waals surface area contributed by atoms with Gasteiger partial charge in [0.2, 0.25) is 0 Å². The lowest BCUT2D eigenvalue weighted by molar-refractivity contribution is 0.0712. The maximum Gasteiger partial charge on any atom is 0.0641 e. The first kappa shape index (κ1) is 14.5. The van der Waals surface area contributed by atoms with Crippen molar-refractivity contribution in [2.24, 2.45) is 7.05 Å². The molecule has 0 aliphatic carbocycles. The van der Waals surface area contributed by atoms with Crippen LogP contribution in [0.15, 0.2) is 0 Å². The van der Waals surface area contributed by atoms with Crippen LogP contribution >= 0.6 is 0 Å². The minimum absolute atomic E-state index is 0.471. The molecule has 108 valence electrons. The molecule has 0 saturated carbocycles. The third-order valence-electron chi connectivity index (χ3n) is 3.92. The molecule has 5 heteroatoms. The smallest absolute Gasteiger partial charge is 0.0641 e. The Morgan fingerprint density at radius 2 is 2.32 bits per heavy atom. The van der Waals surface area contributed by atoms with Crippen LogP contribution in [0.1, 0.15) is 30.3 Å². The molecule has 1 saturated heterocycles. The van der Waals surface area contributed by atoms with Gasteiger partial charge in [-0.3, -0.25) is 4.68 Å². The fraction of sp³-hybridized carbons (Fsp3) is 0.786. The molecule has 2 unspecified atom stereocenters. The molecule has 2 rings (SSSR count). The Morgan fingerprint density at radius 3 is 2.89 bits per heavy atom. The summed E-state index contributed by atoms with van der Waals surface area (Å²) in [5.41, 5.74) is 3.69. The predicted octanol–water partition coefficient (Wildman–Crippen LogP) is 0.894. The molecule has 2 N–H and O–H groups in total. The highest BCUT2D eigenvalue weighted by atomic mass is 16.5. The van der Waals surface area contributed by atoms with Crippen LogP contribution in [0.3, 0.4) is 0 Å². The first-order valence-corrected chi connectivity index (χ1v) is 7.11. The van der Waals surface area contributed by atoms with Crippen molar-refractivity contribution in [1.82, 2.24) is 20.4 Å². The molecule has 0 bridgehead atoms. The van der Waals surface area contributed by atoms with Gasteiger partial charge in [0.15, 0.2) is 0 Å². The highest BCUT2D eigenvalue weighted by Crippen LogP contribution is 2.12. The monoisotopic (exact) mass is 266 g/mol. The normalized spacial score (nSPS) is 21.6. The standard InChI is InChI=1S/C14H26N4O/c1-10(7-13-9-19-6-5-15-13)16-8-14-11(2)17-18(4)12(14)3/h10,13,15-16H,5-9H2,1-4H3. The molecule has 1 aliphatic heterocycles. The number of hydrogen-bond donors (Lipinski definition) is 2. The van der Waals surface area contributed by atoms with E-state index < -0.39 is 0 Å². The van der Waals surface area contributed by atoms with Crippen LogP contribution in [0.2, 0.25) is 0 Å². The number of aryl methyl sites for hydroxylation is 2. The van der Waals surface area contributed by atoms with Gasteiger partial charge < -0.3 is 15.4 Å². The number of ether oxygens (including phenoxy) is 1. The van der Waals surface area contributed by atoms with Gasteiger partial charge in [-0.05, 0) is 27.2 Å². The van der Waals surface area contributed by atoms with Gasteiger partial charge in [0.25, 0.3) is 0 Å². The summed E-state index contributed by atoms with van der Waals surface area (Å²) in [6, 6.07) is 0.950. The molecule has 1 fully saturated rings. The Morgan fingerprint density at radius 1 is 1.53 bits per heavy atom. The fourth-order valence-corrected chi connectivity index (χ4v) is 2.63. The van der Waals surface area contributed by atoms with Gasteiger partial charge in [-0.1, -0.05) is 0 Å². The number of rotatable bonds is 5. The van der Waals surface area contributed by atoms with Crippen molar-refractivity contribution in [2.75, 3.05) is 19.8 Å². The van der Waals surface area contributed by atoms with Crippen LogP contribution in [0.25, 0.3) is 0 Å². The molecular formula is C14H26N4O. The van der Waals surface area contributed by atoms with Crippen LogP contribution in [0.5, 0.6) is 0 Å². The predicted molar refractivity (Wildman–Crippen MR) is 76.2 cm³/mol. The summed E-state index contributed by atoms with van der Waals surface area (Å²) in [6.07, 6.45) is 1.10. The van der Waals surface area contributed by atoms with E-state index in [9.17, 15) is 0 Å². The van der Waals surface area contributed by atoms with Crippen molar-refractivity contribution in [1.29, 1.82) is 0 Å². The van der Waals surface area contributed by atoms with Crippen LogP contribution in [-0.4, -0.2) is 41.6 Å². The van der Waals surface area contributed by atoms with E-state index in [0.29, 0.717) is 12.1 Å². The molecule has 2 atom stereocenters. The summed E-state index contributed by atoms with van der Waals surface area (Å²) in [5, 5.41) is 11.5. The summed E-state index contributed by atoms with van der Waals surface area (Å²) in [5.74, 6) is 0. The molecule has 1 aromatic rings. The van der Waals surface area contributed by atoms with Crippen LogP contribution in [-0.2, 0) is 18.3 Å². The molecule has 1 aromatic heterocycles. The third-order valence-corrected chi connectivity index (χ3v) is 3.92. The second-order valence-corrected chi connectivity index (χ2v) is 5.52. The quantitative estimate of drug-likeness (QED) is 0.831. The van der Waals surface area contributed by atoms with E-state index in [4.69, 9.17) is 4.74 Å². The van der Waals surface area contributed by atoms with Crippen molar-refractivity contribution < 1.29 is 4.74 Å². The fourth-order valence-electron chi connectivity index (χ4n) is 2.63. The van der Waals surface area contributed by atoms with Crippen molar-refractivity contribution in [3.05, 3.63) is 17.0 Å². The zero-order valence-corrected chi connectivity index (χ0v) is 12.5. The lowest BCUT2D eigenvalue weighted by Crippen LogP contribution is -2.44. The van der Waals surface area contributed by atoms with Gasteiger partial charge in [0, 0.05) is 43.5 Å². The topological polar surface area (TPSA) is 51.1 Å². The zero-order chi connectivity index (χ0) is 13.8. The highest BCUT2D eigenvalue weighted by Gasteiger charge is 2.17. The molecule has 0 spiro atoms. The summed E-state index contributed by atoms with van der Waals surface area (Å²) in [4.78, 5) is 0. The third kappa shape index (κ3) is 3.78. The number of morpholine rings is 1. The van der Waals surface area contributed by atoms with Crippen molar-refractivity contribution >= 4 is 0 Å². The summed E-state index contributed by atoms with van der Waals surface area (Å²) in [6.45, 7) is 9.96. The minimum atomic E-state index is 0.471. The Hall–Kier alpha value is -0.910. The van der Waals surface area contributed by atoms with Crippen LogP contribution < -0.4 is 10.6 Å². The van der Waals surface area contributed by atoms with Gasteiger partial charge in [0.1, 0.15) is 0 Å². The number of hydrogen-bond acceptors (Lipinski definition) is 4. The Kier molecular flexibility index (Phi) is 4.96. The van der Waals surface area contributed by atoms with Crippen LogP contribution in [0, 0.1) is 13.8 Å². The van der Waals surface area contributed by atoms with E-state index in [1.807, 2.05) is 11.7 Å². The van der Waals surface area contributed by atoms with Gasteiger partial charge in [-0.25, -0.2) is 0 Å². The summed E-state index contributed by atoms with van der Waals surface area (Å²) >= 11 is 0. The van der Waals surface area contributed by atoms with Gasteiger partial charge in [0.05, 0.1) is 18.9 Å². The first-order chi connectivity index (χ1) is 9.08. The van der Waals surface area contributed by atoms with Gasteiger partial charge >= 0.3 is 0 Å². The second-order valence-electron chi connectivity index (χ2n) is 5.52. The van der Waals surface area contributed by atoms with E-state index in [2.05, 4.69) is 36.5 Å². The molecule has 0 radical (unpaired) electrons. The second kappa shape index (κ2) is 6.50. The molecule has 0 amide bonds. The molecule has 0 aromatic carbocycles. The average molecular weight is 266 g/mol. The van der Waals surface area contributed by atoms with E-state index in [0.717, 1.165) is 38.4 Å². The Bertz CT molecular complexity index is 410. The largest absolute Gasteiger partial charge is 0.379 e.